The van der Waals surface area contributed by atoms with Crippen LogP contribution in [-0.2, 0) is 13.0 Å². The average molecular weight is 326 g/mol. The molecule has 0 saturated heterocycles. The molecule has 0 spiro atoms. The van der Waals surface area contributed by atoms with Gasteiger partial charge in [0.25, 0.3) is 0 Å². The van der Waals surface area contributed by atoms with Gasteiger partial charge < -0.3 is 5.11 Å². The van der Waals surface area contributed by atoms with Crippen LogP contribution in [0.1, 0.15) is 35.1 Å². The van der Waals surface area contributed by atoms with Crippen molar-refractivity contribution >= 4 is 11.6 Å². The Kier molecular flexibility index (Phi) is 4.49. The molecule has 25 heavy (non-hydrogen) atoms. The van der Waals surface area contributed by atoms with Gasteiger partial charge in [-0.15, -0.1) is 0 Å². The van der Waals surface area contributed by atoms with E-state index in [-0.39, 0.29) is 6.61 Å². The molecule has 1 heteroatoms. The Morgan fingerprint density at radius 2 is 1.76 bits per heavy atom. The van der Waals surface area contributed by atoms with E-state index in [1.54, 1.807) is 0 Å². The molecule has 0 saturated carbocycles. The van der Waals surface area contributed by atoms with Gasteiger partial charge >= 0.3 is 0 Å². The largest absolute Gasteiger partial charge is 0.392 e. The summed E-state index contributed by atoms with van der Waals surface area (Å²) in [4.78, 5) is 0. The van der Waals surface area contributed by atoms with Crippen LogP contribution >= 0.6 is 0 Å². The highest BCUT2D eigenvalue weighted by atomic mass is 16.3. The van der Waals surface area contributed by atoms with E-state index >= 15 is 0 Å². The molecule has 1 N–H and O–H groups in total. The number of benzene rings is 2. The SMILES string of the molecule is OCc1ccc(/C=C2/C3=C(CC=CC=C3)CCc3ccccc32)cc1. The predicted molar refractivity (Wildman–Crippen MR) is 105 cm³/mol. The van der Waals surface area contributed by atoms with Crippen LogP contribution in [0.3, 0.4) is 0 Å². The molecular formula is C24H22O. The highest BCUT2D eigenvalue weighted by molar-refractivity contribution is 5.95. The van der Waals surface area contributed by atoms with Crippen LogP contribution in [0.4, 0.5) is 0 Å². The van der Waals surface area contributed by atoms with Gasteiger partial charge in [0.1, 0.15) is 0 Å². The molecule has 0 fully saturated rings. The second-order valence-electron chi connectivity index (χ2n) is 6.62. The molecule has 0 radical (unpaired) electrons. The van der Waals surface area contributed by atoms with Gasteiger partial charge in [-0.25, -0.2) is 0 Å². The predicted octanol–water partition coefficient (Wildman–Crippen LogP) is 5.48. The van der Waals surface area contributed by atoms with Crippen molar-refractivity contribution in [1.29, 1.82) is 0 Å². The first-order chi connectivity index (χ1) is 12.3. The number of hydrogen-bond acceptors (Lipinski definition) is 1. The Morgan fingerprint density at radius 1 is 0.920 bits per heavy atom. The Labute approximate surface area is 149 Å². The van der Waals surface area contributed by atoms with E-state index in [4.69, 9.17) is 0 Å². The molecule has 1 nitrogen and oxygen atoms in total. The zero-order chi connectivity index (χ0) is 17.1. The Hall–Kier alpha value is -2.64. The van der Waals surface area contributed by atoms with E-state index < -0.39 is 0 Å². The van der Waals surface area contributed by atoms with Gasteiger partial charge in [-0.2, -0.15) is 0 Å². The van der Waals surface area contributed by atoms with Gasteiger partial charge in [-0.05, 0) is 58.7 Å². The van der Waals surface area contributed by atoms with Gasteiger partial charge in [0, 0.05) is 0 Å². The molecule has 0 atom stereocenters. The van der Waals surface area contributed by atoms with Crippen molar-refractivity contribution in [3.05, 3.63) is 106 Å². The zero-order valence-corrected chi connectivity index (χ0v) is 14.3. The van der Waals surface area contributed by atoms with E-state index in [0.29, 0.717) is 0 Å². The van der Waals surface area contributed by atoms with Gasteiger partial charge in [-0.1, -0.05) is 78.4 Å². The van der Waals surface area contributed by atoms with Crippen molar-refractivity contribution in [2.75, 3.05) is 0 Å². The van der Waals surface area contributed by atoms with E-state index in [9.17, 15) is 5.11 Å². The third-order valence-electron chi connectivity index (χ3n) is 5.02. The number of allylic oxidation sites excluding steroid dienone is 7. The van der Waals surface area contributed by atoms with Crippen molar-refractivity contribution < 1.29 is 5.11 Å². The molecule has 0 aliphatic heterocycles. The van der Waals surface area contributed by atoms with Crippen LogP contribution in [0.5, 0.6) is 0 Å². The fourth-order valence-electron chi connectivity index (χ4n) is 3.66. The number of aliphatic hydroxyl groups excluding tert-OH is 1. The van der Waals surface area contributed by atoms with Gasteiger partial charge in [0.2, 0.25) is 0 Å². The Bertz CT molecular complexity index is 892. The van der Waals surface area contributed by atoms with Crippen LogP contribution in [-0.4, -0.2) is 5.11 Å². The van der Waals surface area contributed by atoms with E-state index in [1.165, 1.54) is 33.4 Å². The minimum absolute atomic E-state index is 0.0867. The Morgan fingerprint density at radius 3 is 2.60 bits per heavy atom. The highest BCUT2D eigenvalue weighted by Crippen LogP contribution is 2.38. The first-order valence-electron chi connectivity index (χ1n) is 8.90. The van der Waals surface area contributed by atoms with Gasteiger partial charge in [-0.3, -0.25) is 0 Å². The summed E-state index contributed by atoms with van der Waals surface area (Å²) in [5.74, 6) is 0. The highest BCUT2D eigenvalue weighted by Gasteiger charge is 2.19. The topological polar surface area (TPSA) is 20.2 Å². The average Bonchev–Trinajstić information content (AvgIpc) is 2.97. The molecule has 0 unspecified atom stereocenters. The van der Waals surface area contributed by atoms with Crippen LogP contribution in [0.2, 0.25) is 0 Å². The lowest BCUT2D eigenvalue weighted by Crippen LogP contribution is -1.93. The summed E-state index contributed by atoms with van der Waals surface area (Å²) in [6.07, 6.45) is 14.3. The van der Waals surface area contributed by atoms with Crippen molar-refractivity contribution in [2.45, 2.75) is 25.9 Å². The molecular weight excluding hydrogens is 304 g/mol. The maximum Gasteiger partial charge on any atom is 0.0681 e. The standard InChI is InChI=1S/C24H22O/c25-17-19-12-10-18(11-13-19)16-24-22-8-3-1-2-6-20(22)14-15-21-7-4-5-9-23(21)24/h1-5,7-13,16,25H,6,14-15,17H2/b24-16-. The van der Waals surface area contributed by atoms with E-state index in [1.807, 2.05) is 12.1 Å². The summed E-state index contributed by atoms with van der Waals surface area (Å²) in [7, 11) is 0. The van der Waals surface area contributed by atoms with Crippen molar-refractivity contribution in [2.24, 2.45) is 0 Å². The van der Waals surface area contributed by atoms with Crippen molar-refractivity contribution in [3.8, 4) is 0 Å². The first-order valence-corrected chi connectivity index (χ1v) is 8.90. The zero-order valence-electron chi connectivity index (χ0n) is 14.3. The van der Waals surface area contributed by atoms with Crippen LogP contribution in [0.15, 0.2) is 84.0 Å². The summed E-state index contributed by atoms with van der Waals surface area (Å²) in [5.41, 5.74) is 9.06. The fraction of sp³-hybridized carbons (Fsp3) is 0.167. The summed E-state index contributed by atoms with van der Waals surface area (Å²) in [5, 5.41) is 9.26. The van der Waals surface area contributed by atoms with Crippen LogP contribution in [0, 0.1) is 0 Å². The molecule has 0 heterocycles. The van der Waals surface area contributed by atoms with Gasteiger partial charge in [0.05, 0.1) is 6.61 Å². The maximum absolute atomic E-state index is 9.26. The number of rotatable bonds is 2. The number of aliphatic hydroxyl groups is 1. The van der Waals surface area contributed by atoms with Crippen molar-refractivity contribution in [3.63, 3.8) is 0 Å². The lowest BCUT2D eigenvalue weighted by molar-refractivity contribution is 0.282. The monoisotopic (exact) mass is 326 g/mol. The third kappa shape index (κ3) is 3.29. The third-order valence-corrected chi connectivity index (χ3v) is 5.02. The van der Waals surface area contributed by atoms with Crippen LogP contribution in [0.25, 0.3) is 11.6 Å². The first kappa shape index (κ1) is 15.9. The lowest BCUT2D eigenvalue weighted by Gasteiger charge is -2.13. The number of fused-ring (bicyclic) bond motifs is 1. The molecule has 0 bridgehead atoms. The second-order valence-corrected chi connectivity index (χ2v) is 6.62. The molecule has 2 aromatic carbocycles. The molecule has 0 amide bonds. The van der Waals surface area contributed by atoms with E-state index in [2.05, 4.69) is 66.8 Å². The quantitative estimate of drug-likeness (QED) is 0.775. The molecule has 124 valence electrons. The second kappa shape index (κ2) is 7.08. The number of hydrogen-bond donors (Lipinski definition) is 1. The normalized spacial score (nSPS) is 17.9. The summed E-state index contributed by atoms with van der Waals surface area (Å²) in [6, 6.07) is 16.9. The maximum atomic E-state index is 9.26. The smallest absolute Gasteiger partial charge is 0.0681 e. The molecule has 2 aromatic rings. The fourth-order valence-corrected chi connectivity index (χ4v) is 3.66. The Balaban J connectivity index is 1.88. The minimum atomic E-state index is 0.0867. The molecule has 0 aromatic heterocycles. The van der Waals surface area contributed by atoms with Crippen molar-refractivity contribution in [1.82, 2.24) is 0 Å². The molecule has 2 aliphatic rings. The molecule has 2 aliphatic carbocycles. The van der Waals surface area contributed by atoms with E-state index in [0.717, 1.165) is 24.8 Å². The van der Waals surface area contributed by atoms with Crippen LogP contribution < -0.4 is 0 Å². The molecule has 4 rings (SSSR count). The summed E-state index contributed by atoms with van der Waals surface area (Å²) < 4.78 is 0. The summed E-state index contributed by atoms with van der Waals surface area (Å²) >= 11 is 0. The lowest BCUT2D eigenvalue weighted by atomic mass is 9.91. The minimum Gasteiger partial charge on any atom is -0.392 e. The van der Waals surface area contributed by atoms with Gasteiger partial charge in [0.15, 0.2) is 0 Å². The number of aryl methyl sites for hydroxylation is 1. The summed E-state index contributed by atoms with van der Waals surface area (Å²) in [6.45, 7) is 0.0867.